The van der Waals surface area contributed by atoms with Crippen LogP contribution in [0.5, 0.6) is 0 Å². The maximum absolute atomic E-state index is 9.47. The van der Waals surface area contributed by atoms with Crippen LogP contribution in [0, 0.1) is 0 Å². The Morgan fingerprint density at radius 2 is 1.45 bits per heavy atom. The molecule has 4 heteroatoms. The van der Waals surface area contributed by atoms with E-state index in [1.165, 1.54) is 10.8 Å². The predicted octanol–water partition coefficient (Wildman–Crippen LogP) is 4.35. The van der Waals surface area contributed by atoms with Gasteiger partial charge in [0.05, 0.1) is 24.4 Å². The third kappa shape index (κ3) is 4.14. The fourth-order valence-electron chi connectivity index (χ4n) is 3.69. The van der Waals surface area contributed by atoms with Crippen molar-refractivity contribution in [3.8, 4) is 0 Å². The highest BCUT2D eigenvalue weighted by molar-refractivity contribution is 5.95. The van der Waals surface area contributed by atoms with Gasteiger partial charge in [0.15, 0.2) is 0 Å². The molecule has 0 bridgehead atoms. The number of para-hydroxylation sites is 1. The monoisotopic (exact) mass is 384 g/mol. The van der Waals surface area contributed by atoms with Crippen LogP contribution in [0.4, 0.5) is 5.69 Å². The Kier molecular flexibility index (Phi) is 5.84. The van der Waals surface area contributed by atoms with Crippen LogP contribution in [0.3, 0.4) is 0 Å². The van der Waals surface area contributed by atoms with E-state index in [0.29, 0.717) is 13.1 Å². The van der Waals surface area contributed by atoms with Crippen molar-refractivity contribution in [2.45, 2.75) is 0 Å². The fourth-order valence-corrected chi connectivity index (χ4v) is 3.69. The summed E-state index contributed by atoms with van der Waals surface area (Å²) < 4.78 is 0. The summed E-state index contributed by atoms with van der Waals surface area (Å²) >= 11 is 0. The van der Waals surface area contributed by atoms with E-state index in [1.54, 1.807) is 0 Å². The molecule has 1 heterocycles. The highest BCUT2D eigenvalue weighted by atomic mass is 16.3. The molecule has 0 saturated carbocycles. The molecule has 0 fully saturated rings. The maximum Gasteiger partial charge on any atom is 0.0730 e. The van der Waals surface area contributed by atoms with Crippen molar-refractivity contribution < 1.29 is 10.2 Å². The summed E-state index contributed by atoms with van der Waals surface area (Å²) in [5.74, 6) is 0. The predicted molar refractivity (Wildman–Crippen MR) is 121 cm³/mol. The maximum atomic E-state index is 9.47. The molecule has 0 spiro atoms. The van der Waals surface area contributed by atoms with Crippen molar-refractivity contribution in [3.05, 3.63) is 84.1 Å². The van der Waals surface area contributed by atoms with E-state index in [2.05, 4.69) is 36.4 Å². The van der Waals surface area contributed by atoms with E-state index < -0.39 is 0 Å². The first-order valence-corrected chi connectivity index (χ1v) is 9.82. The molecule has 0 atom stereocenters. The van der Waals surface area contributed by atoms with Crippen LogP contribution in [-0.2, 0) is 0 Å². The summed E-state index contributed by atoms with van der Waals surface area (Å²) in [5.41, 5.74) is 3.84. The minimum absolute atomic E-state index is 0.0256. The van der Waals surface area contributed by atoms with Crippen molar-refractivity contribution in [1.29, 1.82) is 0 Å². The number of benzene rings is 3. The molecular formula is C25H24N2O2. The number of pyridine rings is 1. The number of hydrogen-bond donors (Lipinski definition) is 2. The van der Waals surface area contributed by atoms with Crippen molar-refractivity contribution in [3.63, 3.8) is 0 Å². The standard InChI is InChI=1S/C25H24N2O2/c28-16-14-27(15-17-29)25-18-21(26-24-11-4-3-10-23(24)25)13-12-20-8-5-7-19-6-1-2-9-22(19)20/h1-13,18,28-29H,14-17H2/b13-12-. The molecule has 0 saturated heterocycles. The SMILES string of the molecule is OCCN(CCO)c1cc(/C=C\c2cccc3ccccc23)nc2ccccc12. The Morgan fingerprint density at radius 3 is 2.24 bits per heavy atom. The quantitative estimate of drug-likeness (QED) is 0.497. The van der Waals surface area contributed by atoms with E-state index in [-0.39, 0.29) is 13.2 Å². The number of aromatic nitrogens is 1. The van der Waals surface area contributed by atoms with E-state index in [0.717, 1.165) is 27.8 Å². The lowest BCUT2D eigenvalue weighted by Gasteiger charge is -2.24. The number of fused-ring (bicyclic) bond motifs is 2. The Bertz CT molecular complexity index is 1140. The van der Waals surface area contributed by atoms with E-state index in [9.17, 15) is 10.2 Å². The lowest BCUT2D eigenvalue weighted by molar-refractivity contribution is 0.281. The topological polar surface area (TPSA) is 56.6 Å². The van der Waals surface area contributed by atoms with Gasteiger partial charge in [0.25, 0.3) is 0 Å². The Balaban J connectivity index is 1.78. The molecule has 0 aliphatic rings. The van der Waals surface area contributed by atoms with Gasteiger partial charge in [0.2, 0.25) is 0 Å². The molecule has 4 nitrogen and oxygen atoms in total. The van der Waals surface area contributed by atoms with Crippen LogP contribution in [0.15, 0.2) is 72.8 Å². The average Bonchev–Trinajstić information content (AvgIpc) is 2.77. The second-order valence-corrected chi connectivity index (χ2v) is 6.92. The molecular weight excluding hydrogens is 360 g/mol. The summed E-state index contributed by atoms with van der Waals surface area (Å²) in [6.07, 6.45) is 4.11. The minimum atomic E-state index is 0.0256. The van der Waals surface area contributed by atoms with Gasteiger partial charge in [-0.25, -0.2) is 4.98 Å². The second-order valence-electron chi connectivity index (χ2n) is 6.92. The van der Waals surface area contributed by atoms with Gasteiger partial charge in [-0.05, 0) is 34.5 Å². The van der Waals surface area contributed by atoms with Gasteiger partial charge in [-0.15, -0.1) is 0 Å². The zero-order valence-corrected chi connectivity index (χ0v) is 16.2. The second kappa shape index (κ2) is 8.86. The number of aliphatic hydroxyl groups is 2. The molecule has 3 aromatic carbocycles. The molecule has 0 amide bonds. The van der Waals surface area contributed by atoms with Gasteiger partial charge in [0.1, 0.15) is 0 Å². The van der Waals surface area contributed by atoms with Crippen molar-refractivity contribution in [1.82, 2.24) is 4.98 Å². The molecule has 29 heavy (non-hydrogen) atoms. The summed E-state index contributed by atoms with van der Waals surface area (Å²) in [4.78, 5) is 6.79. The largest absolute Gasteiger partial charge is 0.395 e. The van der Waals surface area contributed by atoms with Crippen LogP contribution >= 0.6 is 0 Å². The first-order valence-electron chi connectivity index (χ1n) is 9.82. The van der Waals surface area contributed by atoms with Gasteiger partial charge in [0, 0.05) is 24.2 Å². The van der Waals surface area contributed by atoms with Crippen LogP contribution in [0.1, 0.15) is 11.3 Å². The minimum Gasteiger partial charge on any atom is -0.395 e. The highest BCUT2D eigenvalue weighted by Crippen LogP contribution is 2.28. The molecule has 146 valence electrons. The number of anilines is 1. The summed E-state index contributed by atoms with van der Waals surface area (Å²) in [5, 5.41) is 22.4. The first-order chi connectivity index (χ1) is 14.3. The van der Waals surface area contributed by atoms with Gasteiger partial charge in [-0.1, -0.05) is 66.7 Å². The Labute approximate surface area is 170 Å². The molecule has 4 aromatic rings. The lowest BCUT2D eigenvalue weighted by atomic mass is 10.0. The molecule has 0 radical (unpaired) electrons. The lowest BCUT2D eigenvalue weighted by Crippen LogP contribution is -2.30. The highest BCUT2D eigenvalue weighted by Gasteiger charge is 2.11. The van der Waals surface area contributed by atoms with Gasteiger partial charge >= 0.3 is 0 Å². The number of rotatable bonds is 7. The van der Waals surface area contributed by atoms with Gasteiger partial charge in [-0.2, -0.15) is 0 Å². The molecule has 0 aliphatic heterocycles. The summed E-state index contributed by atoms with van der Waals surface area (Å²) in [7, 11) is 0. The zero-order chi connectivity index (χ0) is 20.1. The molecule has 0 unspecified atom stereocenters. The van der Waals surface area contributed by atoms with Crippen LogP contribution in [0.25, 0.3) is 33.8 Å². The molecule has 2 N–H and O–H groups in total. The Hall–Kier alpha value is -3.21. The number of hydrogen-bond acceptors (Lipinski definition) is 4. The molecule has 1 aromatic heterocycles. The van der Waals surface area contributed by atoms with Crippen LogP contribution < -0.4 is 4.90 Å². The van der Waals surface area contributed by atoms with Gasteiger partial charge in [-0.3, -0.25) is 0 Å². The van der Waals surface area contributed by atoms with Crippen molar-refractivity contribution in [2.75, 3.05) is 31.2 Å². The molecule has 0 aliphatic carbocycles. The van der Waals surface area contributed by atoms with Crippen molar-refractivity contribution >= 4 is 39.5 Å². The van der Waals surface area contributed by atoms with E-state index in [1.807, 2.05) is 53.4 Å². The van der Waals surface area contributed by atoms with Crippen LogP contribution in [-0.4, -0.2) is 41.5 Å². The smallest absolute Gasteiger partial charge is 0.0730 e. The number of aliphatic hydroxyl groups excluding tert-OH is 2. The average molecular weight is 384 g/mol. The number of nitrogens with zero attached hydrogens (tertiary/aromatic N) is 2. The zero-order valence-electron chi connectivity index (χ0n) is 16.2. The summed E-state index contributed by atoms with van der Waals surface area (Å²) in [6, 6.07) is 24.6. The van der Waals surface area contributed by atoms with Crippen LogP contribution in [0.2, 0.25) is 0 Å². The van der Waals surface area contributed by atoms with Gasteiger partial charge < -0.3 is 15.1 Å². The van der Waals surface area contributed by atoms with E-state index >= 15 is 0 Å². The third-order valence-electron chi connectivity index (χ3n) is 5.05. The van der Waals surface area contributed by atoms with Crippen molar-refractivity contribution in [2.24, 2.45) is 0 Å². The first kappa shape index (κ1) is 19.1. The molecule has 4 rings (SSSR count). The fraction of sp³-hybridized carbons (Fsp3) is 0.160. The third-order valence-corrected chi connectivity index (χ3v) is 5.05. The summed E-state index contributed by atoms with van der Waals surface area (Å²) in [6.45, 7) is 0.970. The Morgan fingerprint density at radius 1 is 0.759 bits per heavy atom. The van der Waals surface area contributed by atoms with E-state index in [4.69, 9.17) is 4.98 Å². The normalized spacial score (nSPS) is 11.5.